The lowest BCUT2D eigenvalue weighted by molar-refractivity contribution is -0.122. The number of hydrogen-bond donors (Lipinski definition) is 1. The first-order valence-electron chi connectivity index (χ1n) is 10.7. The van der Waals surface area contributed by atoms with Gasteiger partial charge < -0.3 is 9.47 Å². The molecule has 1 N–H and O–H groups in total. The van der Waals surface area contributed by atoms with Gasteiger partial charge in [0.25, 0.3) is 11.8 Å². The van der Waals surface area contributed by atoms with Gasteiger partial charge in [-0.05, 0) is 61.0 Å². The molecule has 1 fully saturated rings. The van der Waals surface area contributed by atoms with E-state index in [2.05, 4.69) is 5.32 Å². The smallest absolute Gasteiger partial charge is 0.335 e. The van der Waals surface area contributed by atoms with Gasteiger partial charge in [0, 0.05) is 10.6 Å². The molecule has 0 spiro atoms. The first kappa shape index (κ1) is 24.3. The van der Waals surface area contributed by atoms with Gasteiger partial charge in [-0.2, -0.15) is 0 Å². The highest BCUT2D eigenvalue weighted by Crippen LogP contribution is 2.28. The van der Waals surface area contributed by atoms with Crippen molar-refractivity contribution in [2.24, 2.45) is 0 Å². The van der Waals surface area contributed by atoms with E-state index in [-0.39, 0.29) is 17.9 Å². The van der Waals surface area contributed by atoms with Crippen LogP contribution in [0.25, 0.3) is 6.08 Å². The minimum absolute atomic E-state index is 0.205. The van der Waals surface area contributed by atoms with Gasteiger partial charge >= 0.3 is 6.03 Å². The second-order valence-electron chi connectivity index (χ2n) is 7.45. The van der Waals surface area contributed by atoms with E-state index < -0.39 is 17.8 Å². The molecule has 1 aliphatic heterocycles. The van der Waals surface area contributed by atoms with Crippen molar-refractivity contribution in [3.05, 3.63) is 93.5 Å². The molecule has 1 heterocycles. The molecule has 4 amide bonds. The van der Waals surface area contributed by atoms with Crippen molar-refractivity contribution in [1.82, 2.24) is 5.32 Å². The number of urea groups is 1. The van der Waals surface area contributed by atoms with Crippen LogP contribution in [0.15, 0.2) is 72.3 Å². The van der Waals surface area contributed by atoms with Crippen LogP contribution in [0.1, 0.15) is 18.1 Å². The summed E-state index contributed by atoms with van der Waals surface area (Å²) < 4.78 is 11.1. The van der Waals surface area contributed by atoms with E-state index in [1.165, 1.54) is 6.08 Å². The van der Waals surface area contributed by atoms with E-state index >= 15 is 0 Å². The Bertz CT molecular complexity index is 1320. The Hall–Kier alpha value is -3.81. The molecule has 1 saturated heterocycles. The number of hydrogen-bond acceptors (Lipinski definition) is 5. The van der Waals surface area contributed by atoms with Gasteiger partial charge in [0.05, 0.1) is 17.3 Å². The lowest BCUT2D eigenvalue weighted by Crippen LogP contribution is -2.54. The Morgan fingerprint density at radius 2 is 1.66 bits per heavy atom. The first-order chi connectivity index (χ1) is 16.9. The van der Waals surface area contributed by atoms with Gasteiger partial charge in [0.15, 0.2) is 0 Å². The zero-order valence-corrected chi connectivity index (χ0v) is 20.1. The molecule has 3 aromatic carbocycles. The molecule has 9 heteroatoms. The van der Waals surface area contributed by atoms with Gasteiger partial charge in [-0.1, -0.05) is 47.5 Å². The molecule has 35 heavy (non-hydrogen) atoms. The number of anilines is 1. The zero-order chi connectivity index (χ0) is 24.9. The number of carbonyl (C=O) groups excluding carboxylic acids is 3. The largest absolute Gasteiger partial charge is 0.492 e. The summed E-state index contributed by atoms with van der Waals surface area (Å²) in [5.41, 5.74) is 1.41. The van der Waals surface area contributed by atoms with E-state index in [4.69, 9.17) is 32.7 Å². The van der Waals surface area contributed by atoms with Crippen LogP contribution in [-0.2, 0) is 16.2 Å². The van der Waals surface area contributed by atoms with Crippen molar-refractivity contribution in [3.63, 3.8) is 0 Å². The number of benzene rings is 3. The Kier molecular flexibility index (Phi) is 7.39. The van der Waals surface area contributed by atoms with Crippen LogP contribution in [0, 0.1) is 0 Å². The highest BCUT2D eigenvalue weighted by Gasteiger charge is 2.36. The third-order valence-corrected chi connectivity index (χ3v) is 5.78. The Balaban J connectivity index is 1.53. The summed E-state index contributed by atoms with van der Waals surface area (Å²) in [6.07, 6.45) is 1.37. The average molecular weight is 511 g/mol. The van der Waals surface area contributed by atoms with Crippen LogP contribution in [0.5, 0.6) is 11.5 Å². The van der Waals surface area contributed by atoms with E-state index in [0.717, 1.165) is 10.5 Å². The number of barbiturate groups is 1. The quantitative estimate of drug-likeness (QED) is 0.328. The van der Waals surface area contributed by atoms with Crippen LogP contribution in [0.4, 0.5) is 10.5 Å². The lowest BCUT2D eigenvalue weighted by Gasteiger charge is -2.26. The molecular formula is C26H20Cl2N2O5. The van der Waals surface area contributed by atoms with Crippen molar-refractivity contribution in [1.29, 1.82) is 0 Å². The Morgan fingerprint density at radius 1 is 0.914 bits per heavy atom. The maximum Gasteiger partial charge on any atom is 0.335 e. The van der Waals surface area contributed by atoms with E-state index in [9.17, 15) is 14.4 Å². The third-order valence-electron chi connectivity index (χ3n) is 5.12. The molecule has 0 aliphatic carbocycles. The highest BCUT2D eigenvalue weighted by atomic mass is 35.5. The van der Waals surface area contributed by atoms with Crippen LogP contribution < -0.4 is 19.7 Å². The molecule has 0 aromatic heterocycles. The topological polar surface area (TPSA) is 84.9 Å². The third kappa shape index (κ3) is 5.48. The summed E-state index contributed by atoms with van der Waals surface area (Å²) >= 11 is 12.4. The van der Waals surface area contributed by atoms with E-state index in [1.54, 1.807) is 48.5 Å². The first-order valence-corrected chi connectivity index (χ1v) is 11.4. The van der Waals surface area contributed by atoms with Crippen molar-refractivity contribution in [3.8, 4) is 11.5 Å². The SMILES string of the molecule is CCOc1ccc(/C=C2\C(=O)NC(=O)N(c3ccc(OCc4ccccc4Cl)cc3)C2=O)cc1Cl. The molecule has 1 aliphatic rings. The predicted molar refractivity (Wildman–Crippen MR) is 134 cm³/mol. The molecule has 3 aromatic rings. The molecule has 4 rings (SSSR count). The fourth-order valence-electron chi connectivity index (χ4n) is 3.41. The van der Waals surface area contributed by atoms with Crippen LogP contribution in [-0.4, -0.2) is 24.5 Å². The Labute approximate surface area is 211 Å². The minimum Gasteiger partial charge on any atom is -0.492 e. The highest BCUT2D eigenvalue weighted by molar-refractivity contribution is 6.39. The predicted octanol–water partition coefficient (Wildman–Crippen LogP) is 5.64. The normalized spacial score (nSPS) is 14.8. The standard InChI is InChI=1S/C26H20Cl2N2O5/c1-2-34-23-12-7-16(14-22(23)28)13-20-24(31)29-26(33)30(25(20)32)18-8-10-19(11-9-18)35-15-17-5-3-4-6-21(17)27/h3-14H,2,15H2,1H3,(H,29,31,33)/b20-13+. The van der Waals surface area contributed by atoms with Gasteiger partial charge in [0.1, 0.15) is 23.7 Å². The molecule has 178 valence electrons. The number of nitrogens with one attached hydrogen (secondary N) is 1. The summed E-state index contributed by atoms with van der Waals surface area (Å²) in [6, 6.07) is 17.7. The summed E-state index contributed by atoms with van der Waals surface area (Å²) in [4.78, 5) is 38.9. The second-order valence-corrected chi connectivity index (χ2v) is 8.27. The van der Waals surface area contributed by atoms with E-state index in [0.29, 0.717) is 33.7 Å². The Morgan fingerprint density at radius 3 is 2.34 bits per heavy atom. The minimum atomic E-state index is -0.841. The van der Waals surface area contributed by atoms with Crippen molar-refractivity contribution in [2.45, 2.75) is 13.5 Å². The van der Waals surface area contributed by atoms with Crippen LogP contribution >= 0.6 is 23.2 Å². The molecule has 0 unspecified atom stereocenters. The summed E-state index contributed by atoms with van der Waals surface area (Å²) in [6.45, 7) is 2.54. The molecule has 0 saturated carbocycles. The maximum absolute atomic E-state index is 13.1. The van der Waals surface area contributed by atoms with Crippen molar-refractivity contribution < 1.29 is 23.9 Å². The summed E-state index contributed by atoms with van der Waals surface area (Å²) in [5, 5.41) is 3.13. The number of ether oxygens (including phenoxy) is 2. The van der Waals surface area contributed by atoms with Gasteiger partial charge in [-0.25, -0.2) is 9.69 Å². The number of amides is 4. The molecule has 0 atom stereocenters. The second kappa shape index (κ2) is 10.6. The number of rotatable bonds is 7. The number of halogens is 2. The molecular weight excluding hydrogens is 491 g/mol. The van der Waals surface area contributed by atoms with Crippen LogP contribution in [0.3, 0.4) is 0 Å². The van der Waals surface area contributed by atoms with Crippen LogP contribution in [0.2, 0.25) is 10.0 Å². The van der Waals surface area contributed by atoms with Crippen molar-refractivity contribution >= 4 is 52.8 Å². The molecule has 0 bridgehead atoms. The average Bonchev–Trinajstić information content (AvgIpc) is 2.84. The monoisotopic (exact) mass is 510 g/mol. The van der Waals surface area contributed by atoms with Gasteiger partial charge in [-0.3, -0.25) is 14.9 Å². The van der Waals surface area contributed by atoms with Crippen molar-refractivity contribution in [2.75, 3.05) is 11.5 Å². The lowest BCUT2D eigenvalue weighted by atomic mass is 10.1. The maximum atomic E-state index is 13.1. The van der Waals surface area contributed by atoms with E-state index in [1.807, 2.05) is 25.1 Å². The number of imide groups is 2. The zero-order valence-electron chi connectivity index (χ0n) is 18.6. The molecule has 0 radical (unpaired) electrons. The van der Waals surface area contributed by atoms with Gasteiger partial charge in [-0.15, -0.1) is 0 Å². The summed E-state index contributed by atoms with van der Waals surface area (Å²) in [5.74, 6) is -0.534. The van der Waals surface area contributed by atoms with Gasteiger partial charge in [0.2, 0.25) is 0 Å². The molecule has 7 nitrogen and oxygen atoms in total. The number of nitrogens with zero attached hydrogens (tertiary/aromatic N) is 1. The summed E-state index contributed by atoms with van der Waals surface area (Å²) in [7, 11) is 0. The number of carbonyl (C=O) groups is 3. The fraction of sp³-hybridized carbons (Fsp3) is 0.115. The fourth-order valence-corrected chi connectivity index (χ4v) is 3.84.